The van der Waals surface area contributed by atoms with E-state index in [9.17, 15) is 9.59 Å². The summed E-state index contributed by atoms with van der Waals surface area (Å²) in [5, 5.41) is 3.47. The zero-order valence-electron chi connectivity index (χ0n) is 22.5. The van der Waals surface area contributed by atoms with Crippen molar-refractivity contribution in [2.75, 3.05) is 56.0 Å². The molecule has 1 unspecified atom stereocenters. The number of carbonyl (C=O) groups excluding carboxylic acids is 2. The third kappa shape index (κ3) is 5.44. The van der Waals surface area contributed by atoms with Crippen molar-refractivity contribution in [3.8, 4) is 5.69 Å². The summed E-state index contributed by atoms with van der Waals surface area (Å²) >= 11 is 0. The number of carbonyl (C=O) groups is 2. The zero-order chi connectivity index (χ0) is 26.5. The van der Waals surface area contributed by atoms with Gasteiger partial charge in [-0.3, -0.25) is 14.2 Å². The molecule has 1 N–H and O–H groups in total. The molecule has 1 atom stereocenters. The maximum Gasteiger partial charge on any atom is 0.229 e. The molecule has 10 heteroatoms. The van der Waals surface area contributed by atoms with Gasteiger partial charge in [-0.2, -0.15) is 9.97 Å². The Bertz CT molecular complexity index is 1260. The first-order chi connectivity index (χ1) is 18.6. The number of likely N-dealkylation sites (tertiary alicyclic amines) is 1. The summed E-state index contributed by atoms with van der Waals surface area (Å²) in [4.78, 5) is 45.7. The van der Waals surface area contributed by atoms with Gasteiger partial charge in [0.15, 0.2) is 17.0 Å². The van der Waals surface area contributed by atoms with Gasteiger partial charge >= 0.3 is 0 Å². The minimum Gasteiger partial charge on any atom is -0.368 e. The van der Waals surface area contributed by atoms with Gasteiger partial charge in [-0.1, -0.05) is 18.2 Å². The van der Waals surface area contributed by atoms with Crippen molar-refractivity contribution in [1.82, 2.24) is 29.3 Å². The van der Waals surface area contributed by atoms with Crippen molar-refractivity contribution in [1.29, 1.82) is 0 Å². The highest BCUT2D eigenvalue weighted by Gasteiger charge is 2.30. The van der Waals surface area contributed by atoms with E-state index in [1.807, 2.05) is 58.5 Å². The van der Waals surface area contributed by atoms with E-state index in [1.54, 1.807) is 6.33 Å². The summed E-state index contributed by atoms with van der Waals surface area (Å²) in [6, 6.07) is 10.0. The summed E-state index contributed by atoms with van der Waals surface area (Å²) in [5.74, 6) is 1.70. The zero-order valence-corrected chi connectivity index (χ0v) is 22.5. The number of benzene rings is 1. The van der Waals surface area contributed by atoms with Gasteiger partial charge < -0.3 is 20.0 Å². The van der Waals surface area contributed by atoms with Crippen molar-refractivity contribution in [3.63, 3.8) is 0 Å². The lowest BCUT2D eigenvalue weighted by atomic mass is 9.96. The van der Waals surface area contributed by atoms with Crippen molar-refractivity contribution in [2.45, 2.75) is 46.0 Å². The molecule has 2 amide bonds. The molecule has 2 aliphatic rings. The number of hydrogen-bond donors (Lipinski definition) is 1. The average Bonchev–Trinajstić information content (AvgIpc) is 3.58. The van der Waals surface area contributed by atoms with Gasteiger partial charge in [-0.15, -0.1) is 0 Å². The van der Waals surface area contributed by atoms with E-state index < -0.39 is 0 Å². The van der Waals surface area contributed by atoms with E-state index in [1.165, 1.54) is 0 Å². The summed E-state index contributed by atoms with van der Waals surface area (Å²) in [6.45, 7) is 9.19. The maximum atomic E-state index is 13.1. The number of fused-ring (bicyclic) bond motifs is 1. The van der Waals surface area contributed by atoms with Gasteiger partial charge in [0.25, 0.3) is 0 Å². The van der Waals surface area contributed by atoms with E-state index in [0.29, 0.717) is 36.8 Å². The topological polar surface area (TPSA) is 99.5 Å². The number of nitrogens with one attached hydrogen (secondary N) is 1. The largest absolute Gasteiger partial charge is 0.368 e. The minimum absolute atomic E-state index is 0.0589. The second kappa shape index (κ2) is 11.8. The predicted molar refractivity (Wildman–Crippen MR) is 148 cm³/mol. The smallest absolute Gasteiger partial charge is 0.229 e. The Balaban J connectivity index is 1.41. The molecule has 2 aliphatic heterocycles. The van der Waals surface area contributed by atoms with Gasteiger partial charge in [0, 0.05) is 57.9 Å². The molecular weight excluding hydrogens is 480 g/mol. The van der Waals surface area contributed by atoms with E-state index in [2.05, 4.69) is 15.2 Å². The molecule has 0 bridgehead atoms. The van der Waals surface area contributed by atoms with Crippen LogP contribution >= 0.6 is 0 Å². The maximum absolute atomic E-state index is 13.1. The Morgan fingerprint density at radius 2 is 1.92 bits per heavy atom. The summed E-state index contributed by atoms with van der Waals surface area (Å²) in [5.41, 5.74) is 2.42. The van der Waals surface area contributed by atoms with Crippen LogP contribution in [-0.4, -0.2) is 86.9 Å². The van der Waals surface area contributed by atoms with Crippen LogP contribution in [0.1, 0.15) is 46.0 Å². The first kappa shape index (κ1) is 25.9. The SMILES string of the molecule is CCN(CC)C(=O)C1CCCN(c2nc(NCCCN3CCCC3=O)c3ncn(-c4ccccc4)c3n2)C1. The van der Waals surface area contributed by atoms with E-state index in [0.717, 1.165) is 69.7 Å². The van der Waals surface area contributed by atoms with Crippen LogP contribution in [0, 0.1) is 5.92 Å². The normalized spacial score (nSPS) is 17.8. The fourth-order valence-electron chi connectivity index (χ4n) is 5.50. The second-order valence-electron chi connectivity index (χ2n) is 10.1. The quantitative estimate of drug-likeness (QED) is 0.411. The number of anilines is 2. The first-order valence-electron chi connectivity index (χ1n) is 13.9. The van der Waals surface area contributed by atoms with E-state index in [-0.39, 0.29) is 17.7 Å². The Labute approximate surface area is 224 Å². The molecule has 202 valence electrons. The molecule has 0 aliphatic carbocycles. The number of para-hydroxylation sites is 1. The third-order valence-electron chi connectivity index (χ3n) is 7.62. The Hall–Kier alpha value is -3.69. The van der Waals surface area contributed by atoms with E-state index in [4.69, 9.17) is 9.97 Å². The minimum atomic E-state index is -0.0589. The van der Waals surface area contributed by atoms with Crippen LogP contribution in [0.25, 0.3) is 16.9 Å². The fraction of sp³-hybridized carbons (Fsp3) is 0.536. The standard InChI is InChI=1S/C28H38N8O2/c1-3-33(4-2)27(38)21-11-8-17-35(19-21)28-31-25(29-15-10-18-34-16-9-14-23(34)37)24-26(32-28)36(20-30-24)22-12-6-5-7-13-22/h5-7,12-13,20-21H,3-4,8-11,14-19H2,1-2H3,(H,29,31,32). The van der Waals surface area contributed by atoms with Gasteiger partial charge in [-0.25, -0.2) is 4.98 Å². The fourth-order valence-corrected chi connectivity index (χ4v) is 5.50. The van der Waals surface area contributed by atoms with Crippen LogP contribution in [0.3, 0.4) is 0 Å². The van der Waals surface area contributed by atoms with Crippen molar-refractivity contribution < 1.29 is 9.59 Å². The molecule has 0 saturated carbocycles. The van der Waals surface area contributed by atoms with Gasteiger partial charge in [0.05, 0.1) is 5.92 Å². The van der Waals surface area contributed by atoms with Crippen LogP contribution < -0.4 is 10.2 Å². The monoisotopic (exact) mass is 518 g/mol. The van der Waals surface area contributed by atoms with Crippen molar-refractivity contribution >= 4 is 34.7 Å². The molecular formula is C28H38N8O2. The number of hydrogen-bond acceptors (Lipinski definition) is 7. The van der Waals surface area contributed by atoms with Crippen LogP contribution in [0.4, 0.5) is 11.8 Å². The third-order valence-corrected chi connectivity index (χ3v) is 7.62. The number of piperidine rings is 1. The second-order valence-corrected chi connectivity index (χ2v) is 10.1. The highest BCUT2D eigenvalue weighted by atomic mass is 16.2. The molecule has 10 nitrogen and oxygen atoms in total. The Kier molecular flexibility index (Phi) is 8.05. The van der Waals surface area contributed by atoms with Crippen LogP contribution in [-0.2, 0) is 9.59 Å². The lowest BCUT2D eigenvalue weighted by molar-refractivity contribution is -0.135. The van der Waals surface area contributed by atoms with Crippen molar-refractivity contribution in [3.05, 3.63) is 36.7 Å². The highest BCUT2D eigenvalue weighted by molar-refractivity contribution is 5.86. The number of aromatic nitrogens is 4. The molecule has 5 rings (SSSR count). The number of nitrogens with zero attached hydrogens (tertiary/aromatic N) is 7. The molecule has 2 fully saturated rings. The molecule has 1 aromatic carbocycles. The van der Waals surface area contributed by atoms with Gasteiger partial charge in [0.1, 0.15) is 6.33 Å². The number of imidazole rings is 1. The Morgan fingerprint density at radius 3 is 2.66 bits per heavy atom. The van der Waals surface area contributed by atoms with Crippen LogP contribution in [0.2, 0.25) is 0 Å². The van der Waals surface area contributed by atoms with Crippen LogP contribution in [0.5, 0.6) is 0 Å². The van der Waals surface area contributed by atoms with E-state index >= 15 is 0 Å². The summed E-state index contributed by atoms with van der Waals surface area (Å²) < 4.78 is 1.98. The van der Waals surface area contributed by atoms with Gasteiger partial charge in [0.2, 0.25) is 17.8 Å². The Morgan fingerprint density at radius 1 is 1.11 bits per heavy atom. The number of amides is 2. The molecule has 4 heterocycles. The van der Waals surface area contributed by atoms with Crippen molar-refractivity contribution in [2.24, 2.45) is 5.92 Å². The summed E-state index contributed by atoms with van der Waals surface area (Å²) in [7, 11) is 0. The molecule has 38 heavy (non-hydrogen) atoms. The predicted octanol–water partition coefficient (Wildman–Crippen LogP) is 3.32. The van der Waals surface area contributed by atoms with Gasteiger partial charge in [-0.05, 0) is 51.7 Å². The summed E-state index contributed by atoms with van der Waals surface area (Å²) in [6.07, 6.45) is 6.03. The first-order valence-corrected chi connectivity index (χ1v) is 13.9. The molecule has 3 aromatic rings. The molecule has 2 saturated heterocycles. The highest BCUT2D eigenvalue weighted by Crippen LogP contribution is 2.28. The molecule has 2 aromatic heterocycles. The number of rotatable bonds is 10. The average molecular weight is 519 g/mol. The lowest BCUT2D eigenvalue weighted by Gasteiger charge is -2.34. The van der Waals surface area contributed by atoms with Crippen LogP contribution in [0.15, 0.2) is 36.7 Å². The molecule has 0 radical (unpaired) electrons. The molecule has 0 spiro atoms. The lowest BCUT2D eigenvalue weighted by Crippen LogP contribution is -2.45.